The van der Waals surface area contributed by atoms with Gasteiger partial charge in [0.15, 0.2) is 0 Å². The molecule has 2 aromatic rings. The van der Waals surface area contributed by atoms with E-state index in [1.807, 2.05) is 26.1 Å². The molecule has 0 saturated carbocycles. The molecule has 186 valence electrons. The third kappa shape index (κ3) is 5.18. The number of halogens is 1. The van der Waals surface area contributed by atoms with Crippen LogP contribution in [0.4, 0.5) is 26.6 Å². The lowest BCUT2D eigenvalue weighted by molar-refractivity contribution is -0.126. The first kappa shape index (κ1) is 24.4. The van der Waals surface area contributed by atoms with Crippen molar-refractivity contribution >= 4 is 29.5 Å². The van der Waals surface area contributed by atoms with Crippen LogP contribution in [0.25, 0.3) is 0 Å². The number of hydrogen-bond acceptors (Lipinski definition) is 8. The van der Waals surface area contributed by atoms with Crippen LogP contribution < -0.4 is 15.1 Å². The number of nitrogens with one attached hydrogen (secondary N) is 1. The highest BCUT2D eigenvalue weighted by molar-refractivity contribution is 5.89. The Morgan fingerprint density at radius 2 is 2.14 bits per heavy atom. The monoisotopic (exact) mass is 483 g/mol. The summed E-state index contributed by atoms with van der Waals surface area (Å²) in [6.45, 7) is 10.9. The predicted octanol–water partition coefficient (Wildman–Crippen LogP) is 3.22. The second-order valence-electron chi connectivity index (χ2n) is 8.76. The number of alkyl halides is 1. The lowest BCUT2D eigenvalue weighted by atomic mass is 10.1. The number of rotatable bonds is 7. The van der Waals surface area contributed by atoms with E-state index in [-0.39, 0.29) is 30.3 Å². The molecule has 3 atom stereocenters. The van der Waals surface area contributed by atoms with Crippen molar-refractivity contribution in [2.24, 2.45) is 0 Å². The van der Waals surface area contributed by atoms with Crippen LogP contribution in [0.1, 0.15) is 37.6 Å². The minimum Gasteiger partial charge on any atom is -0.447 e. The van der Waals surface area contributed by atoms with Crippen LogP contribution in [0.5, 0.6) is 0 Å². The van der Waals surface area contributed by atoms with Crippen molar-refractivity contribution in [1.29, 1.82) is 0 Å². The average Bonchev–Trinajstić information content (AvgIpc) is 3.25. The quantitative estimate of drug-likeness (QED) is 0.599. The standard InChI is InChI=1S/C24H30FN7O3/c1-5-22(33)31-10-6-9-30(14-31)19-12-27-18(11-15(19)2)17(4)28-23-26-8-7-21(29-23)32-20(16(3)25)13-35-24(32)34/h5,7-8,11-12,16-17,20H,1,6,9-10,13-14H2,2-4H3,(H,26,28,29)/t16-,17-,20+/m0/s1. The van der Waals surface area contributed by atoms with Crippen LogP contribution in [0.3, 0.4) is 0 Å². The van der Waals surface area contributed by atoms with Crippen molar-refractivity contribution < 1.29 is 18.7 Å². The number of cyclic esters (lactones) is 1. The molecule has 0 radical (unpaired) electrons. The van der Waals surface area contributed by atoms with Crippen LogP contribution >= 0.6 is 0 Å². The molecule has 2 aliphatic heterocycles. The second kappa shape index (κ2) is 10.2. The average molecular weight is 484 g/mol. The summed E-state index contributed by atoms with van der Waals surface area (Å²) in [5.74, 6) is 0.486. The molecule has 0 bridgehead atoms. The molecule has 4 rings (SSSR count). The molecule has 0 aromatic carbocycles. The molecule has 11 heteroatoms. The summed E-state index contributed by atoms with van der Waals surface area (Å²) in [4.78, 5) is 42.6. The fourth-order valence-electron chi connectivity index (χ4n) is 4.30. The molecule has 0 unspecified atom stereocenters. The normalized spacial score (nSPS) is 19.8. The van der Waals surface area contributed by atoms with Gasteiger partial charge in [0.2, 0.25) is 11.9 Å². The van der Waals surface area contributed by atoms with E-state index in [2.05, 4.69) is 31.7 Å². The van der Waals surface area contributed by atoms with Gasteiger partial charge in [0.05, 0.1) is 30.3 Å². The highest BCUT2D eigenvalue weighted by Crippen LogP contribution is 2.27. The molecule has 2 aliphatic rings. The first-order valence-corrected chi connectivity index (χ1v) is 11.6. The lowest BCUT2D eigenvalue weighted by Gasteiger charge is -2.37. The Labute approximate surface area is 203 Å². The van der Waals surface area contributed by atoms with E-state index in [0.29, 0.717) is 13.2 Å². The van der Waals surface area contributed by atoms with Crippen molar-refractivity contribution in [1.82, 2.24) is 19.9 Å². The molecule has 0 aliphatic carbocycles. The van der Waals surface area contributed by atoms with Crippen molar-refractivity contribution in [2.75, 3.05) is 41.5 Å². The Bertz CT molecular complexity index is 1110. The van der Waals surface area contributed by atoms with Gasteiger partial charge in [-0.15, -0.1) is 0 Å². The number of ether oxygens (including phenoxy) is 1. The Morgan fingerprint density at radius 1 is 1.34 bits per heavy atom. The fourth-order valence-corrected chi connectivity index (χ4v) is 4.30. The second-order valence-corrected chi connectivity index (χ2v) is 8.76. The third-order valence-electron chi connectivity index (χ3n) is 6.24. The van der Waals surface area contributed by atoms with Crippen LogP contribution in [-0.4, -0.2) is 70.4 Å². The van der Waals surface area contributed by atoms with Crippen molar-refractivity contribution in [3.05, 3.63) is 48.4 Å². The van der Waals surface area contributed by atoms with Crippen LogP contribution in [0.15, 0.2) is 37.2 Å². The summed E-state index contributed by atoms with van der Waals surface area (Å²) in [5.41, 5.74) is 2.79. The van der Waals surface area contributed by atoms with Crippen molar-refractivity contribution in [2.45, 2.75) is 45.4 Å². The molecule has 0 spiro atoms. The molecule has 2 fully saturated rings. The van der Waals surface area contributed by atoms with Crippen LogP contribution in [0.2, 0.25) is 0 Å². The summed E-state index contributed by atoms with van der Waals surface area (Å²) >= 11 is 0. The third-order valence-corrected chi connectivity index (χ3v) is 6.24. The largest absolute Gasteiger partial charge is 0.447 e. The molecule has 1 N–H and O–H groups in total. The van der Waals surface area contributed by atoms with Gasteiger partial charge >= 0.3 is 6.09 Å². The van der Waals surface area contributed by atoms with Gasteiger partial charge in [0, 0.05) is 19.3 Å². The number of carbonyl (C=O) groups excluding carboxylic acids is 2. The maximum atomic E-state index is 14.0. The Kier molecular flexibility index (Phi) is 7.13. The summed E-state index contributed by atoms with van der Waals surface area (Å²) in [6, 6.07) is 2.57. The molecular formula is C24H30FN7O3. The summed E-state index contributed by atoms with van der Waals surface area (Å²) < 4.78 is 19.0. The molecule has 35 heavy (non-hydrogen) atoms. The number of pyridine rings is 1. The first-order valence-electron chi connectivity index (χ1n) is 11.6. The van der Waals surface area contributed by atoms with Crippen molar-refractivity contribution in [3.63, 3.8) is 0 Å². The van der Waals surface area contributed by atoms with Gasteiger partial charge in [0.1, 0.15) is 24.6 Å². The van der Waals surface area contributed by atoms with E-state index in [1.165, 1.54) is 24.1 Å². The van der Waals surface area contributed by atoms with Gasteiger partial charge in [-0.3, -0.25) is 14.7 Å². The van der Waals surface area contributed by atoms with Crippen molar-refractivity contribution in [3.8, 4) is 0 Å². The van der Waals surface area contributed by atoms with Gasteiger partial charge < -0.3 is 19.9 Å². The highest BCUT2D eigenvalue weighted by atomic mass is 19.1. The van der Waals surface area contributed by atoms with E-state index < -0.39 is 18.3 Å². The summed E-state index contributed by atoms with van der Waals surface area (Å²) in [6.07, 6.45) is 3.65. The Hall–Kier alpha value is -3.76. The zero-order valence-electron chi connectivity index (χ0n) is 20.1. The molecule has 4 heterocycles. The molecule has 2 amide bonds. The van der Waals surface area contributed by atoms with Crippen LogP contribution in [0, 0.1) is 6.92 Å². The van der Waals surface area contributed by atoms with E-state index in [9.17, 15) is 14.0 Å². The fraction of sp³-hybridized carbons (Fsp3) is 0.458. The number of amides is 2. The van der Waals surface area contributed by atoms with Gasteiger partial charge in [-0.25, -0.2) is 14.2 Å². The molecule has 10 nitrogen and oxygen atoms in total. The zero-order valence-corrected chi connectivity index (χ0v) is 20.1. The maximum Gasteiger partial charge on any atom is 0.416 e. The van der Waals surface area contributed by atoms with Gasteiger partial charge in [-0.05, 0) is 51.0 Å². The smallest absolute Gasteiger partial charge is 0.416 e. The minimum absolute atomic E-state index is 0.0221. The highest BCUT2D eigenvalue weighted by Gasteiger charge is 2.39. The number of anilines is 3. The lowest BCUT2D eigenvalue weighted by Crippen LogP contribution is -2.47. The van der Waals surface area contributed by atoms with Gasteiger partial charge in [-0.1, -0.05) is 6.58 Å². The molecular weight excluding hydrogens is 453 g/mol. The minimum atomic E-state index is -1.26. The van der Waals surface area contributed by atoms with Gasteiger partial charge in [0.25, 0.3) is 0 Å². The van der Waals surface area contributed by atoms with Gasteiger partial charge in [-0.2, -0.15) is 4.98 Å². The van der Waals surface area contributed by atoms with Crippen LogP contribution in [-0.2, 0) is 9.53 Å². The molecule has 2 saturated heterocycles. The SMILES string of the molecule is C=CC(=O)N1CCCN(c2cnc([C@H](C)Nc3nccc(N4C(=O)OC[C@@H]4[C@H](C)F)n3)cc2C)C1. The zero-order chi connectivity index (χ0) is 25.1. The topological polar surface area (TPSA) is 104 Å². The summed E-state index contributed by atoms with van der Waals surface area (Å²) in [5, 5.41) is 3.20. The molecule has 2 aromatic heterocycles. The van der Waals surface area contributed by atoms with E-state index in [1.54, 1.807) is 11.0 Å². The number of carbonyl (C=O) groups is 2. The van der Waals surface area contributed by atoms with E-state index in [4.69, 9.17) is 4.74 Å². The first-order chi connectivity index (χ1) is 16.8. The summed E-state index contributed by atoms with van der Waals surface area (Å²) in [7, 11) is 0. The number of nitrogens with zero attached hydrogens (tertiary/aromatic N) is 6. The number of hydrogen-bond donors (Lipinski definition) is 1. The number of aromatic nitrogens is 3. The van der Waals surface area contributed by atoms with E-state index >= 15 is 0 Å². The van der Waals surface area contributed by atoms with E-state index in [0.717, 1.165) is 29.9 Å². The number of aryl methyl sites for hydroxylation is 1. The Morgan fingerprint density at radius 3 is 2.86 bits per heavy atom. The predicted molar refractivity (Wildman–Crippen MR) is 130 cm³/mol. The Balaban J connectivity index is 1.47. The maximum absolute atomic E-state index is 14.0.